The van der Waals surface area contributed by atoms with E-state index in [1.54, 1.807) is 19.9 Å². The van der Waals surface area contributed by atoms with Gasteiger partial charge in [0, 0.05) is 11.1 Å². The minimum atomic E-state index is -4.07. The Labute approximate surface area is 225 Å². The number of unbranched alkanes of at least 4 members (excludes halogenated alkanes) is 2. The molecule has 0 atom stereocenters. The van der Waals surface area contributed by atoms with E-state index in [-0.39, 0.29) is 48.1 Å². The third-order valence-corrected chi connectivity index (χ3v) is 10.8. The highest BCUT2D eigenvalue weighted by atomic mass is 31.2. The third-order valence-electron chi connectivity index (χ3n) is 5.72. The number of hydrogen-bond donors (Lipinski definition) is 1. The largest absolute Gasteiger partial charge is 0.507 e. The Balaban J connectivity index is 4.03. The standard InChI is InChI=1S/C28H50O7P2/c1-11-15-17-34-37(31,35-18-16-12-2)25(36(30,32-13-3)33-14-4)21-22-19-23(27(5,6)7)26(29)24(20-22)28(8,9)10/h19-21,29H,11-18H2,1-10H3. The van der Waals surface area contributed by atoms with Crippen molar-refractivity contribution in [3.8, 4) is 5.75 Å². The zero-order valence-electron chi connectivity index (χ0n) is 24.7. The zero-order chi connectivity index (χ0) is 28.5. The smallest absolute Gasteiger partial charge is 0.369 e. The van der Waals surface area contributed by atoms with Crippen LogP contribution >= 0.6 is 15.2 Å². The number of hydrogen-bond acceptors (Lipinski definition) is 7. The minimum Gasteiger partial charge on any atom is -0.507 e. The second-order valence-electron chi connectivity index (χ2n) is 11.2. The van der Waals surface area contributed by atoms with E-state index < -0.39 is 15.2 Å². The summed E-state index contributed by atoms with van der Waals surface area (Å²) < 4.78 is 51.7. The van der Waals surface area contributed by atoms with Crippen LogP contribution in [0.3, 0.4) is 0 Å². The Morgan fingerprint density at radius 1 is 0.757 bits per heavy atom. The molecule has 1 aromatic rings. The average molecular weight is 561 g/mol. The molecule has 0 bridgehead atoms. The first-order valence-corrected chi connectivity index (χ1v) is 16.6. The Hall–Kier alpha value is -0.940. The molecule has 0 saturated carbocycles. The van der Waals surface area contributed by atoms with Gasteiger partial charge in [-0.3, -0.25) is 9.13 Å². The molecule has 0 aliphatic carbocycles. The van der Waals surface area contributed by atoms with Crippen molar-refractivity contribution < 1.29 is 32.3 Å². The van der Waals surface area contributed by atoms with Crippen molar-refractivity contribution in [2.75, 3.05) is 26.4 Å². The summed E-state index contributed by atoms with van der Waals surface area (Å²) in [4.78, 5) is 0. The highest BCUT2D eigenvalue weighted by Crippen LogP contribution is 2.74. The Kier molecular flexibility index (Phi) is 13.3. The lowest BCUT2D eigenvalue weighted by molar-refractivity contribution is 0.201. The maximum atomic E-state index is 14.4. The summed E-state index contributed by atoms with van der Waals surface area (Å²) in [5.74, 6) is 0.220. The summed E-state index contributed by atoms with van der Waals surface area (Å²) in [6.45, 7) is 20.1. The fourth-order valence-corrected chi connectivity index (χ4v) is 8.28. The fourth-order valence-electron chi connectivity index (χ4n) is 3.68. The number of phenolic OH excluding ortho intramolecular Hbond substituents is 1. The zero-order valence-corrected chi connectivity index (χ0v) is 26.5. The summed E-state index contributed by atoms with van der Waals surface area (Å²) in [6.07, 6.45) is 4.58. The molecule has 7 nitrogen and oxygen atoms in total. The number of aromatic hydroxyl groups is 1. The molecule has 0 aliphatic heterocycles. The second kappa shape index (κ2) is 14.4. The first-order valence-electron chi connectivity index (χ1n) is 13.5. The van der Waals surface area contributed by atoms with Gasteiger partial charge in [-0.2, -0.15) is 0 Å². The van der Waals surface area contributed by atoms with Crippen LogP contribution < -0.4 is 0 Å². The van der Waals surface area contributed by atoms with Crippen molar-refractivity contribution in [3.05, 3.63) is 33.9 Å². The molecular formula is C28H50O7P2. The van der Waals surface area contributed by atoms with E-state index in [9.17, 15) is 14.2 Å². The van der Waals surface area contributed by atoms with Crippen LogP contribution in [0.1, 0.15) is 112 Å². The molecule has 0 aliphatic rings. The monoisotopic (exact) mass is 560 g/mol. The van der Waals surface area contributed by atoms with E-state index in [0.29, 0.717) is 18.4 Å². The quantitative estimate of drug-likeness (QED) is 0.169. The molecule has 37 heavy (non-hydrogen) atoms. The molecule has 214 valence electrons. The molecule has 9 heteroatoms. The SMILES string of the molecule is CCCCOP(=O)(OCCCC)C(=Cc1cc(C(C)(C)C)c(O)c(C(C)(C)C)c1)P(=O)(OCC)OCC. The average Bonchev–Trinajstić information content (AvgIpc) is 2.77. The summed E-state index contributed by atoms with van der Waals surface area (Å²) in [6, 6.07) is 3.66. The Morgan fingerprint density at radius 3 is 1.46 bits per heavy atom. The van der Waals surface area contributed by atoms with Gasteiger partial charge in [0.25, 0.3) is 0 Å². The number of rotatable bonds is 15. The van der Waals surface area contributed by atoms with Crippen molar-refractivity contribution in [1.82, 2.24) is 0 Å². The highest BCUT2D eigenvalue weighted by Gasteiger charge is 2.45. The van der Waals surface area contributed by atoms with Crippen molar-refractivity contribution in [1.29, 1.82) is 0 Å². The first-order chi connectivity index (χ1) is 17.1. The summed E-state index contributed by atoms with van der Waals surface area (Å²) in [5, 5.41) is 11.1. The molecule has 0 saturated heterocycles. The summed E-state index contributed by atoms with van der Waals surface area (Å²) >= 11 is 0. The highest BCUT2D eigenvalue weighted by molar-refractivity contribution is 7.79. The molecule has 0 heterocycles. The van der Waals surface area contributed by atoms with E-state index in [2.05, 4.69) is 0 Å². The van der Waals surface area contributed by atoms with Gasteiger partial charge in [0.15, 0.2) is 5.06 Å². The van der Waals surface area contributed by atoms with Crippen molar-refractivity contribution in [3.63, 3.8) is 0 Å². The van der Waals surface area contributed by atoms with E-state index >= 15 is 0 Å². The maximum absolute atomic E-state index is 14.4. The molecule has 0 aromatic heterocycles. The van der Waals surface area contributed by atoms with Crippen LogP contribution in [0.4, 0.5) is 0 Å². The van der Waals surface area contributed by atoms with Gasteiger partial charge in [0.1, 0.15) is 5.75 Å². The van der Waals surface area contributed by atoms with Crippen molar-refractivity contribution in [2.45, 2.75) is 106 Å². The third kappa shape index (κ3) is 9.64. The molecule has 0 amide bonds. The van der Waals surface area contributed by atoms with Gasteiger partial charge >= 0.3 is 15.2 Å². The van der Waals surface area contributed by atoms with Gasteiger partial charge < -0.3 is 23.2 Å². The molecule has 0 unspecified atom stereocenters. The Bertz CT molecular complexity index is 928. The summed E-state index contributed by atoms with van der Waals surface area (Å²) in [7, 11) is -8.12. The van der Waals surface area contributed by atoms with E-state index in [1.165, 1.54) is 0 Å². The summed E-state index contributed by atoms with van der Waals surface area (Å²) in [5.41, 5.74) is 1.30. The van der Waals surface area contributed by atoms with Crippen LogP contribution in [0.2, 0.25) is 0 Å². The lowest BCUT2D eigenvalue weighted by atomic mass is 9.78. The van der Waals surface area contributed by atoms with E-state index in [4.69, 9.17) is 18.1 Å². The lowest BCUT2D eigenvalue weighted by Crippen LogP contribution is -2.17. The van der Waals surface area contributed by atoms with Gasteiger partial charge in [0.2, 0.25) is 0 Å². The molecular weight excluding hydrogens is 510 g/mol. The van der Waals surface area contributed by atoms with Gasteiger partial charge in [-0.1, -0.05) is 68.2 Å². The molecule has 0 fully saturated rings. The first kappa shape index (κ1) is 34.1. The van der Waals surface area contributed by atoms with Crippen LogP contribution in [-0.2, 0) is 38.1 Å². The molecule has 1 rings (SSSR count). The van der Waals surface area contributed by atoms with Crippen LogP contribution in [0.5, 0.6) is 5.75 Å². The molecule has 0 radical (unpaired) electrons. The van der Waals surface area contributed by atoms with Gasteiger partial charge in [-0.15, -0.1) is 0 Å². The van der Waals surface area contributed by atoms with Crippen LogP contribution in [-0.4, -0.2) is 31.5 Å². The van der Waals surface area contributed by atoms with Crippen molar-refractivity contribution in [2.24, 2.45) is 0 Å². The predicted molar refractivity (Wildman–Crippen MR) is 154 cm³/mol. The van der Waals surface area contributed by atoms with Crippen LogP contribution in [0.15, 0.2) is 17.2 Å². The van der Waals surface area contributed by atoms with Crippen LogP contribution in [0, 0.1) is 0 Å². The van der Waals surface area contributed by atoms with Crippen molar-refractivity contribution >= 4 is 21.3 Å². The normalized spacial score (nSPS) is 13.8. The van der Waals surface area contributed by atoms with E-state index in [0.717, 1.165) is 24.0 Å². The second-order valence-corrected chi connectivity index (χ2v) is 15.5. The lowest BCUT2D eigenvalue weighted by Gasteiger charge is -2.29. The maximum Gasteiger partial charge on any atom is 0.369 e. The van der Waals surface area contributed by atoms with Gasteiger partial charge in [0.05, 0.1) is 26.4 Å². The Morgan fingerprint density at radius 2 is 1.14 bits per heavy atom. The molecule has 1 aromatic carbocycles. The topological polar surface area (TPSA) is 91.3 Å². The molecule has 1 N–H and O–H groups in total. The molecule has 0 spiro atoms. The van der Waals surface area contributed by atoms with E-state index in [1.807, 2.05) is 67.5 Å². The number of phenols is 1. The number of benzene rings is 1. The van der Waals surface area contributed by atoms with Gasteiger partial charge in [-0.25, -0.2) is 0 Å². The van der Waals surface area contributed by atoms with Gasteiger partial charge in [-0.05, 0) is 61.3 Å². The fraction of sp³-hybridized carbons (Fsp3) is 0.714. The minimum absolute atomic E-state index is 0.0919. The predicted octanol–water partition coefficient (Wildman–Crippen LogP) is 9.38. The van der Waals surface area contributed by atoms with Crippen LogP contribution in [0.25, 0.3) is 6.08 Å².